The fourth-order valence-electron chi connectivity index (χ4n) is 5.49. The average molecular weight is 635 g/mol. The number of rotatable bonds is 6. The summed E-state index contributed by atoms with van der Waals surface area (Å²) in [6.45, 7) is 4.86. The Bertz CT molecular complexity index is 1560. The summed E-state index contributed by atoms with van der Waals surface area (Å²) in [5.74, 6) is -2.92. The predicted octanol–water partition coefficient (Wildman–Crippen LogP) is 1.45. The molecule has 4 saturated heterocycles. The molecule has 3 amide bonds. The molecule has 2 aromatic rings. The van der Waals surface area contributed by atoms with E-state index >= 15 is 0 Å². The van der Waals surface area contributed by atoms with Gasteiger partial charge in [0.25, 0.3) is 5.91 Å². The summed E-state index contributed by atoms with van der Waals surface area (Å²) in [6, 6.07) is 4.12. The maximum atomic E-state index is 13.0. The molecule has 14 nitrogen and oxygen atoms in total. The van der Waals surface area contributed by atoms with E-state index < -0.39 is 58.2 Å². The number of aliphatic carboxylic acids is 2. The predicted molar refractivity (Wildman–Crippen MR) is 150 cm³/mol. The van der Waals surface area contributed by atoms with Gasteiger partial charge in [0, 0.05) is 10.3 Å². The molecule has 4 aliphatic rings. The molecule has 228 valence electrons. The van der Waals surface area contributed by atoms with Gasteiger partial charge in [0.2, 0.25) is 11.8 Å². The number of β-lactam (4-membered cyclic amide) rings is 2. The van der Waals surface area contributed by atoms with E-state index in [1.165, 1.54) is 27.6 Å². The van der Waals surface area contributed by atoms with Gasteiger partial charge in [-0.1, -0.05) is 35.0 Å². The number of thioether (sulfide) groups is 1. The van der Waals surface area contributed by atoms with E-state index in [0.717, 1.165) is 0 Å². The number of ether oxygens (including phenoxy) is 1. The smallest absolute Gasteiger partial charge is 0.334 e. The quantitative estimate of drug-likeness (QED) is 0.334. The van der Waals surface area contributed by atoms with Gasteiger partial charge in [-0.05, 0) is 32.9 Å². The molecule has 43 heavy (non-hydrogen) atoms. The van der Waals surface area contributed by atoms with Crippen molar-refractivity contribution in [2.75, 3.05) is 6.61 Å². The Morgan fingerprint density at radius 3 is 2.49 bits per heavy atom. The van der Waals surface area contributed by atoms with Gasteiger partial charge < -0.3 is 34.8 Å². The van der Waals surface area contributed by atoms with Gasteiger partial charge in [0.15, 0.2) is 12.3 Å². The van der Waals surface area contributed by atoms with Crippen molar-refractivity contribution in [1.29, 1.82) is 0 Å². The van der Waals surface area contributed by atoms with Crippen molar-refractivity contribution in [3.05, 3.63) is 52.4 Å². The summed E-state index contributed by atoms with van der Waals surface area (Å²) < 4.78 is 9.71. The Labute approximate surface area is 253 Å². The monoisotopic (exact) mass is 634 g/mol. The minimum Gasteiger partial charge on any atom is -0.480 e. The highest BCUT2D eigenvalue weighted by atomic mass is 35.5. The maximum absolute atomic E-state index is 13.0. The number of carboxylic acids is 2. The number of amides is 3. The van der Waals surface area contributed by atoms with E-state index in [2.05, 4.69) is 10.5 Å². The number of hydrogen-bond donors (Lipinski definition) is 4. The third kappa shape index (κ3) is 5.10. The van der Waals surface area contributed by atoms with E-state index in [4.69, 9.17) is 31.1 Å². The van der Waals surface area contributed by atoms with Crippen LogP contribution in [-0.4, -0.2) is 101 Å². The summed E-state index contributed by atoms with van der Waals surface area (Å²) in [7, 11) is 0. The highest BCUT2D eigenvalue weighted by Crippen LogP contribution is 2.51. The van der Waals surface area contributed by atoms with Gasteiger partial charge >= 0.3 is 11.9 Å². The second kappa shape index (κ2) is 11.2. The number of benzene rings is 1. The molecular formula is C27H27ClN4O10S. The average Bonchev–Trinajstić information content (AvgIpc) is 3.55. The van der Waals surface area contributed by atoms with E-state index in [9.17, 15) is 29.1 Å². The number of carbonyl (C=O) groups excluding carboxylic acids is 3. The Hall–Kier alpha value is -4.08. The summed E-state index contributed by atoms with van der Waals surface area (Å²) >= 11 is 7.59. The van der Waals surface area contributed by atoms with Crippen LogP contribution < -0.4 is 5.32 Å². The molecule has 0 radical (unpaired) electrons. The number of carboxylic acid groups (broad SMARTS) is 2. The molecule has 4 fully saturated rings. The van der Waals surface area contributed by atoms with Crippen LogP contribution in [0.15, 0.2) is 40.6 Å². The first-order valence-corrected chi connectivity index (χ1v) is 14.3. The number of aryl methyl sites for hydroxylation is 1. The number of aliphatic hydroxyl groups excluding tert-OH is 1. The fourth-order valence-corrected chi connectivity index (χ4v) is 7.35. The lowest BCUT2D eigenvalue weighted by atomic mass is 9.95. The van der Waals surface area contributed by atoms with Crippen LogP contribution in [0.25, 0.3) is 11.3 Å². The number of halogens is 1. The third-order valence-electron chi connectivity index (χ3n) is 7.47. The zero-order valence-corrected chi connectivity index (χ0v) is 24.6. The van der Waals surface area contributed by atoms with Crippen LogP contribution in [0, 0.1) is 6.92 Å². The van der Waals surface area contributed by atoms with E-state index in [1.807, 2.05) is 0 Å². The summed E-state index contributed by atoms with van der Waals surface area (Å²) in [6.07, 6.45) is 1.03. The molecule has 16 heteroatoms. The van der Waals surface area contributed by atoms with Crippen molar-refractivity contribution >= 4 is 53.0 Å². The van der Waals surface area contributed by atoms with Crippen molar-refractivity contribution < 1.29 is 48.6 Å². The van der Waals surface area contributed by atoms with E-state index in [-0.39, 0.29) is 36.0 Å². The first-order chi connectivity index (χ1) is 20.3. The molecule has 1 aromatic heterocycles. The number of aromatic nitrogens is 1. The molecule has 5 heterocycles. The van der Waals surface area contributed by atoms with Crippen LogP contribution in [0.4, 0.5) is 0 Å². The molecule has 4 aliphatic heterocycles. The van der Waals surface area contributed by atoms with Crippen LogP contribution in [-0.2, 0) is 23.9 Å². The van der Waals surface area contributed by atoms with Crippen LogP contribution in [0.2, 0.25) is 5.02 Å². The lowest BCUT2D eigenvalue weighted by Crippen LogP contribution is -2.70. The summed E-state index contributed by atoms with van der Waals surface area (Å²) in [5.41, 5.74) is 1.03. The summed E-state index contributed by atoms with van der Waals surface area (Å²) in [4.78, 5) is 61.6. The van der Waals surface area contributed by atoms with Gasteiger partial charge in [-0.15, -0.1) is 11.8 Å². The maximum Gasteiger partial charge on any atom is 0.334 e. The molecule has 5 atom stereocenters. The molecule has 6 rings (SSSR count). The number of nitrogens with one attached hydrogen (secondary N) is 1. The molecule has 0 spiro atoms. The molecule has 0 aliphatic carbocycles. The zero-order valence-electron chi connectivity index (χ0n) is 23.0. The van der Waals surface area contributed by atoms with E-state index in [0.29, 0.717) is 16.3 Å². The van der Waals surface area contributed by atoms with Gasteiger partial charge in [-0.25, -0.2) is 9.59 Å². The third-order valence-corrected chi connectivity index (χ3v) is 9.38. The second-order valence-corrected chi connectivity index (χ2v) is 12.8. The topological polar surface area (TPSA) is 200 Å². The summed E-state index contributed by atoms with van der Waals surface area (Å²) in [5, 5.41) is 33.7. The number of carbonyl (C=O) groups is 5. The lowest BCUT2D eigenvalue weighted by molar-refractivity contribution is -0.163. The number of nitrogens with zero attached hydrogens (tertiary/aromatic N) is 3. The molecule has 0 bridgehead atoms. The molecule has 0 saturated carbocycles. The van der Waals surface area contributed by atoms with Gasteiger partial charge in [-0.2, -0.15) is 0 Å². The zero-order chi connectivity index (χ0) is 31.4. The number of fused-ring (bicyclic) bond motifs is 2. The highest BCUT2D eigenvalue weighted by molar-refractivity contribution is 8.01. The first kappa shape index (κ1) is 30.4. The Balaban J connectivity index is 0.000000220. The lowest BCUT2D eigenvalue weighted by Gasteiger charge is -2.43. The number of aliphatic hydroxyl groups is 1. The van der Waals surface area contributed by atoms with E-state index in [1.54, 1.807) is 45.0 Å². The second-order valence-electron chi connectivity index (χ2n) is 10.6. The molecule has 0 unspecified atom stereocenters. The van der Waals surface area contributed by atoms with Crippen LogP contribution in [0.3, 0.4) is 0 Å². The largest absolute Gasteiger partial charge is 0.480 e. The number of hydrogen-bond acceptors (Lipinski definition) is 10. The van der Waals surface area contributed by atoms with Gasteiger partial charge in [0.1, 0.15) is 40.2 Å². The minimum atomic E-state index is -1.14. The van der Waals surface area contributed by atoms with Crippen LogP contribution in [0.1, 0.15) is 36.4 Å². The molecular weight excluding hydrogens is 608 g/mol. The Kier molecular flexibility index (Phi) is 7.92. The van der Waals surface area contributed by atoms with Crippen molar-refractivity contribution in [2.24, 2.45) is 0 Å². The van der Waals surface area contributed by atoms with Crippen molar-refractivity contribution in [1.82, 2.24) is 20.3 Å². The normalized spacial score (nSPS) is 27.3. The Morgan fingerprint density at radius 2 is 1.88 bits per heavy atom. The highest BCUT2D eigenvalue weighted by Gasteiger charge is 2.64. The Morgan fingerprint density at radius 1 is 1.19 bits per heavy atom. The van der Waals surface area contributed by atoms with Gasteiger partial charge in [-0.3, -0.25) is 19.3 Å². The minimum absolute atomic E-state index is 0.149. The van der Waals surface area contributed by atoms with Crippen LogP contribution >= 0.6 is 23.4 Å². The molecule has 1 aromatic carbocycles. The first-order valence-electron chi connectivity index (χ1n) is 13.0. The van der Waals surface area contributed by atoms with Crippen molar-refractivity contribution in [3.63, 3.8) is 0 Å². The van der Waals surface area contributed by atoms with Crippen molar-refractivity contribution in [3.8, 4) is 11.3 Å². The fraction of sp³-hybridized carbons (Fsp3) is 0.407. The standard InChI is InChI=1S/C19H18ClN3O5S.C8H9NO5/c1-8-11(12(22-28-8)9-6-4-5-7-10(9)20)15(24)21-13-16(25)23-14(18(26)27)19(2,3)29-17(13)23;10-2-1-4-7(8(12)13)9-5(11)3-6(9)14-4/h4-7,13-14,17H,1-3H3,(H,21,24)(H,26,27);1,6-7,10H,2-3H2,(H,12,13)/b;4-1-/t13-,14+,17-;6-,7-/m11/s1. The van der Waals surface area contributed by atoms with Gasteiger partial charge in [0.05, 0.1) is 18.1 Å². The van der Waals surface area contributed by atoms with Crippen LogP contribution in [0.5, 0.6) is 0 Å². The molecule has 4 N–H and O–H groups in total. The SMILES string of the molecule is Cc1onc(-c2ccccc2Cl)c1C(=O)N[C@@H]1C(=O)N2[C@@H]1SC(C)(C)[C@@H]2C(=O)O.O=C(O)[C@H]1/C(=C/CO)O[C@@H]2CC(=O)N21. The van der Waals surface area contributed by atoms with Crippen molar-refractivity contribution in [2.45, 2.75) is 61.7 Å².